The van der Waals surface area contributed by atoms with Crippen LogP contribution in [0.2, 0.25) is 0 Å². The lowest BCUT2D eigenvalue weighted by Crippen LogP contribution is -1.93. The Hall–Kier alpha value is -0.610. The van der Waals surface area contributed by atoms with Crippen molar-refractivity contribution in [1.82, 2.24) is 0 Å². The minimum absolute atomic E-state index is 0.0938. The van der Waals surface area contributed by atoms with Crippen LogP contribution in [0.1, 0.15) is 77.6 Å². The number of aliphatic hydroxyl groups is 2. The lowest BCUT2D eigenvalue weighted by Gasteiger charge is -2.00. The third-order valence-electron chi connectivity index (χ3n) is 2.81. The largest absolute Gasteiger partial charge is 0.481 e. The van der Waals surface area contributed by atoms with Crippen molar-refractivity contribution < 1.29 is 20.1 Å². The maximum Gasteiger partial charge on any atom is 0.303 e. The fourth-order valence-corrected chi connectivity index (χ4v) is 1.66. The van der Waals surface area contributed by atoms with E-state index < -0.39 is 5.97 Å². The Morgan fingerprint density at radius 1 is 0.737 bits per heavy atom. The number of aliphatic carboxylic acids is 1. The van der Waals surface area contributed by atoms with Crippen LogP contribution in [0.4, 0.5) is 0 Å². The molecule has 0 heterocycles. The lowest BCUT2D eigenvalue weighted by molar-refractivity contribution is -0.137. The van der Waals surface area contributed by atoms with Crippen LogP contribution in [0.3, 0.4) is 0 Å². The molecule has 0 amide bonds. The van der Waals surface area contributed by atoms with Gasteiger partial charge in [-0.05, 0) is 12.8 Å². The summed E-state index contributed by atoms with van der Waals surface area (Å²) in [4.78, 5) is 10.2. The zero-order valence-corrected chi connectivity index (χ0v) is 12.4. The highest BCUT2D eigenvalue weighted by Gasteiger charge is 1.96. The topological polar surface area (TPSA) is 77.8 Å². The van der Waals surface area contributed by atoms with Crippen molar-refractivity contribution in [3.63, 3.8) is 0 Å². The summed E-state index contributed by atoms with van der Waals surface area (Å²) < 4.78 is 0. The van der Waals surface area contributed by atoms with Crippen molar-refractivity contribution in [2.75, 3.05) is 13.2 Å². The van der Waals surface area contributed by atoms with Gasteiger partial charge in [0.1, 0.15) is 0 Å². The quantitative estimate of drug-likeness (QED) is 0.478. The van der Waals surface area contributed by atoms with Crippen LogP contribution >= 0.6 is 0 Å². The van der Waals surface area contributed by atoms with Crippen molar-refractivity contribution in [3.05, 3.63) is 0 Å². The summed E-state index contributed by atoms with van der Waals surface area (Å²) in [5, 5.41) is 24.2. The Labute approximate surface area is 117 Å². The summed E-state index contributed by atoms with van der Waals surface area (Å²) in [5.41, 5.74) is 0. The van der Waals surface area contributed by atoms with Gasteiger partial charge in [0.25, 0.3) is 0 Å². The van der Waals surface area contributed by atoms with Crippen LogP contribution in [0.15, 0.2) is 0 Å². The summed E-state index contributed by atoms with van der Waals surface area (Å²) in [6, 6.07) is 0. The van der Waals surface area contributed by atoms with Gasteiger partial charge in [-0.1, -0.05) is 58.3 Å². The molecule has 0 aliphatic rings. The number of carboxylic acid groups (broad SMARTS) is 1. The maximum absolute atomic E-state index is 10.2. The van der Waals surface area contributed by atoms with E-state index in [1.54, 1.807) is 0 Å². The molecule has 0 aliphatic carbocycles. The molecule has 0 unspecified atom stereocenters. The predicted octanol–water partition coefficient (Wildman–Crippen LogP) is 3.35. The number of carboxylic acids is 1. The second kappa shape index (κ2) is 19.7. The van der Waals surface area contributed by atoms with Gasteiger partial charge in [0.05, 0.1) is 0 Å². The SMILES string of the molecule is CCCCCCCCCCCC(=O)O.OCCCO. The average molecular weight is 276 g/mol. The van der Waals surface area contributed by atoms with E-state index >= 15 is 0 Å². The van der Waals surface area contributed by atoms with E-state index in [0.717, 1.165) is 12.8 Å². The molecule has 0 aliphatic heterocycles. The molecular weight excluding hydrogens is 244 g/mol. The normalized spacial score (nSPS) is 9.84. The molecule has 0 aromatic rings. The molecule has 0 aromatic heterocycles. The molecule has 3 N–H and O–H groups in total. The Kier molecular flexibility index (Phi) is 21.5. The summed E-state index contributed by atoms with van der Waals surface area (Å²) in [6.45, 7) is 2.42. The lowest BCUT2D eigenvalue weighted by atomic mass is 10.1. The first kappa shape index (κ1) is 20.7. The van der Waals surface area contributed by atoms with Gasteiger partial charge in [0, 0.05) is 19.6 Å². The molecule has 4 nitrogen and oxygen atoms in total. The Balaban J connectivity index is 0. The average Bonchev–Trinajstić information content (AvgIpc) is 2.38. The van der Waals surface area contributed by atoms with E-state index in [9.17, 15) is 4.79 Å². The van der Waals surface area contributed by atoms with E-state index in [1.807, 2.05) is 0 Å². The third-order valence-corrected chi connectivity index (χ3v) is 2.81. The number of carbonyl (C=O) groups is 1. The Morgan fingerprint density at radius 2 is 1.16 bits per heavy atom. The van der Waals surface area contributed by atoms with Crippen LogP contribution < -0.4 is 0 Å². The van der Waals surface area contributed by atoms with Gasteiger partial charge in [-0.3, -0.25) is 4.79 Å². The van der Waals surface area contributed by atoms with Gasteiger partial charge in [-0.25, -0.2) is 0 Å². The summed E-state index contributed by atoms with van der Waals surface area (Å²) in [5.74, 6) is -0.659. The number of aliphatic hydroxyl groups excluding tert-OH is 2. The maximum atomic E-state index is 10.2. The van der Waals surface area contributed by atoms with E-state index in [0.29, 0.717) is 12.8 Å². The standard InChI is InChI=1S/C12H24O2.C3H8O2/c1-2-3-4-5-6-7-8-9-10-11-12(13)14;4-2-1-3-5/h2-11H2,1H3,(H,13,14);4-5H,1-3H2. The zero-order valence-electron chi connectivity index (χ0n) is 12.4. The highest BCUT2D eigenvalue weighted by atomic mass is 16.4. The predicted molar refractivity (Wildman–Crippen MR) is 78.3 cm³/mol. The first-order valence-electron chi connectivity index (χ1n) is 7.62. The molecule has 0 radical (unpaired) electrons. The van der Waals surface area contributed by atoms with Crippen LogP contribution in [0.5, 0.6) is 0 Å². The summed E-state index contributed by atoms with van der Waals surface area (Å²) in [7, 11) is 0. The highest BCUT2D eigenvalue weighted by molar-refractivity contribution is 5.66. The fraction of sp³-hybridized carbons (Fsp3) is 0.933. The van der Waals surface area contributed by atoms with E-state index in [1.165, 1.54) is 44.9 Å². The smallest absolute Gasteiger partial charge is 0.303 e. The molecule has 4 heteroatoms. The van der Waals surface area contributed by atoms with Crippen molar-refractivity contribution in [3.8, 4) is 0 Å². The molecule has 0 atom stereocenters. The van der Waals surface area contributed by atoms with Gasteiger partial charge in [-0.15, -0.1) is 0 Å². The molecular formula is C15H32O4. The number of rotatable bonds is 12. The molecule has 0 spiro atoms. The second-order valence-corrected chi connectivity index (χ2v) is 4.77. The van der Waals surface area contributed by atoms with Crippen LogP contribution in [0.25, 0.3) is 0 Å². The van der Waals surface area contributed by atoms with Crippen LogP contribution in [-0.4, -0.2) is 34.5 Å². The van der Waals surface area contributed by atoms with Crippen LogP contribution in [0, 0.1) is 0 Å². The minimum Gasteiger partial charge on any atom is -0.481 e. The molecule has 0 rings (SSSR count). The molecule has 116 valence electrons. The Bertz CT molecular complexity index is 170. The highest BCUT2D eigenvalue weighted by Crippen LogP contribution is 2.10. The van der Waals surface area contributed by atoms with Crippen molar-refractivity contribution in [2.45, 2.75) is 77.6 Å². The molecule has 0 fully saturated rings. The second-order valence-electron chi connectivity index (χ2n) is 4.77. The summed E-state index contributed by atoms with van der Waals surface area (Å²) in [6.07, 6.45) is 12.0. The first-order chi connectivity index (χ1) is 9.18. The molecule has 0 saturated heterocycles. The van der Waals surface area contributed by atoms with Gasteiger partial charge < -0.3 is 15.3 Å². The van der Waals surface area contributed by atoms with E-state index in [-0.39, 0.29) is 13.2 Å². The van der Waals surface area contributed by atoms with Gasteiger partial charge in [-0.2, -0.15) is 0 Å². The summed E-state index contributed by atoms with van der Waals surface area (Å²) >= 11 is 0. The Morgan fingerprint density at radius 3 is 1.47 bits per heavy atom. The zero-order chi connectivity index (χ0) is 14.8. The molecule has 0 aromatic carbocycles. The number of hydrogen-bond acceptors (Lipinski definition) is 3. The van der Waals surface area contributed by atoms with Gasteiger partial charge >= 0.3 is 5.97 Å². The van der Waals surface area contributed by atoms with Crippen molar-refractivity contribution >= 4 is 5.97 Å². The molecule has 0 saturated carbocycles. The number of unbranched alkanes of at least 4 members (excludes halogenated alkanes) is 8. The third kappa shape index (κ3) is 26.8. The fourth-order valence-electron chi connectivity index (χ4n) is 1.66. The monoisotopic (exact) mass is 276 g/mol. The van der Waals surface area contributed by atoms with Crippen molar-refractivity contribution in [2.24, 2.45) is 0 Å². The van der Waals surface area contributed by atoms with Gasteiger partial charge in [0.15, 0.2) is 0 Å². The van der Waals surface area contributed by atoms with E-state index in [4.69, 9.17) is 15.3 Å². The van der Waals surface area contributed by atoms with Crippen LogP contribution in [-0.2, 0) is 4.79 Å². The van der Waals surface area contributed by atoms with E-state index in [2.05, 4.69) is 6.92 Å². The van der Waals surface area contributed by atoms with Gasteiger partial charge in [0.2, 0.25) is 0 Å². The van der Waals surface area contributed by atoms with Crippen molar-refractivity contribution in [1.29, 1.82) is 0 Å². The number of hydrogen-bond donors (Lipinski definition) is 3. The molecule has 19 heavy (non-hydrogen) atoms. The first-order valence-corrected chi connectivity index (χ1v) is 7.62. The molecule has 0 bridgehead atoms. The minimum atomic E-state index is -0.659.